The van der Waals surface area contributed by atoms with Gasteiger partial charge in [-0.2, -0.15) is 0 Å². The predicted molar refractivity (Wildman–Crippen MR) is 68.9 cm³/mol. The Hall–Kier alpha value is -1.84. The van der Waals surface area contributed by atoms with Gasteiger partial charge in [0.1, 0.15) is 0 Å². The quantitative estimate of drug-likeness (QED) is 0.749. The summed E-state index contributed by atoms with van der Waals surface area (Å²) in [5, 5.41) is 0. The molecule has 0 aliphatic rings. The summed E-state index contributed by atoms with van der Waals surface area (Å²) in [7, 11) is 1.35. The fraction of sp³-hybridized carbons (Fsp3) is 0.429. The summed E-state index contributed by atoms with van der Waals surface area (Å²) < 4.78 is 4.57. The van der Waals surface area contributed by atoms with E-state index in [2.05, 4.69) is 4.74 Å². The Bertz CT molecular complexity index is 412. The third-order valence-electron chi connectivity index (χ3n) is 2.75. The van der Waals surface area contributed by atoms with Crippen molar-refractivity contribution in [1.82, 2.24) is 4.90 Å². The highest BCUT2D eigenvalue weighted by atomic mass is 16.5. The molecule has 0 aromatic heterocycles. The Morgan fingerprint density at radius 1 is 1.22 bits per heavy atom. The lowest BCUT2D eigenvalue weighted by Crippen LogP contribution is -2.30. The zero-order valence-corrected chi connectivity index (χ0v) is 11.1. The molecule has 0 radical (unpaired) electrons. The molecule has 18 heavy (non-hydrogen) atoms. The maximum atomic E-state index is 11.5. The summed E-state index contributed by atoms with van der Waals surface area (Å²) in [5.41, 5.74) is 2.24. The lowest BCUT2D eigenvalue weighted by atomic mass is 10.1. The molecular weight excluding hydrogens is 230 g/mol. The van der Waals surface area contributed by atoms with Crippen LogP contribution in [0.2, 0.25) is 0 Å². The molecule has 1 rings (SSSR count). The minimum atomic E-state index is -0.301. The zero-order chi connectivity index (χ0) is 13.5. The van der Waals surface area contributed by atoms with Gasteiger partial charge in [0.2, 0.25) is 5.91 Å². The summed E-state index contributed by atoms with van der Waals surface area (Å²) in [4.78, 5) is 24.2. The van der Waals surface area contributed by atoms with Gasteiger partial charge >= 0.3 is 5.97 Å². The van der Waals surface area contributed by atoms with Crippen molar-refractivity contribution in [2.24, 2.45) is 0 Å². The first-order valence-electron chi connectivity index (χ1n) is 5.91. The number of benzene rings is 1. The van der Waals surface area contributed by atoms with Crippen molar-refractivity contribution in [2.75, 3.05) is 13.7 Å². The molecule has 1 aromatic rings. The molecule has 0 spiro atoms. The van der Waals surface area contributed by atoms with Crippen molar-refractivity contribution in [3.8, 4) is 0 Å². The molecule has 0 bridgehead atoms. The van der Waals surface area contributed by atoms with Crippen LogP contribution in [0.4, 0.5) is 0 Å². The normalized spacial score (nSPS) is 9.94. The van der Waals surface area contributed by atoms with Crippen LogP contribution in [0.25, 0.3) is 0 Å². The topological polar surface area (TPSA) is 46.6 Å². The molecule has 0 heterocycles. The maximum absolute atomic E-state index is 11.5. The predicted octanol–water partition coefficient (Wildman–Crippen LogP) is 1.91. The summed E-state index contributed by atoms with van der Waals surface area (Å²) in [5.74, 6) is -0.343. The Balaban J connectivity index is 2.60. The van der Waals surface area contributed by atoms with E-state index in [1.165, 1.54) is 19.6 Å². The van der Waals surface area contributed by atoms with E-state index in [4.69, 9.17) is 0 Å². The number of carbonyl (C=O) groups is 2. The largest absolute Gasteiger partial charge is 0.469 e. The van der Waals surface area contributed by atoms with Gasteiger partial charge in [0, 0.05) is 20.0 Å². The molecule has 0 saturated carbocycles. The van der Waals surface area contributed by atoms with Gasteiger partial charge in [-0.05, 0) is 12.5 Å². The molecule has 0 atom stereocenters. The van der Waals surface area contributed by atoms with Crippen molar-refractivity contribution in [3.05, 3.63) is 35.4 Å². The van der Waals surface area contributed by atoms with Crippen LogP contribution in [-0.2, 0) is 20.9 Å². The molecule has 0 unspecified atom stereocenters. The first-order valence-corrected chi connectivity index (χ1v) is 5.91. The highest BCUT2D eigenvalue weighted by Crippen LogP contribution is 2.08. The van der Waals surface area contributed by atoms with Crippen molar-refractivity contribution in [2.45, 2.75) is 26.8 Å². The number of hydrogen-bond donors (Lipinski definition) is 0. The van der Waals surface area contributed by atoms with E-state index in [1.54, 1.807) is 4.90 Å². The second kappa shape index (κ2) is 6.79. The van der Waals surface area contributed by atoms with E-state index in [-0.39, 0.29) is 18.3 Å². The summed E-state index contributed by atoms with van der Waals surface area (Å²) in [6, 6.07) is 7.99. The lowest BCUT2D eigenvalue weighted by Gasteiger charge is -2.20. The van der Waals surface area contributed by atoms with E-state index < -0.39 is 0 Å². The highest BCUT2D eigenvalue weighted by molar-refractivity contribution is 5.75. The number of carbonyl (C=O) groups excluding carboxylic acids is 2. The Morgan fingerprint density at radius 3 is 2.33 bits per heavy atom. The molecule has 0 fully saturated rings. The average Bonchev–Trinajstić information content (AvgIpc) is 2.35. The number of hydrogen-bond acceptors (Lipinski definition) is 3. The van der Waals surface area contributed by atoms with E-state index in [0.29, 0.717) is 13.1 Å². The second-order valence-corrected chi connectivity index (χ2v) is 4.25. The molecule has 98 valence electrons. The Morgan fingerprint density at radius 2 is 1.83 bits per heavy atom. The summed E-state index contributed by atoms with van der Waals surface area (Å²) in [6.45, 7) is 4.43. The van der Waals surface area contributed by atoms with Gasteiger partial charge in [-0.3, -0.25) is 9.59 Å². The smallest absolute Gasteiger partial charge is 0.307 e. The molecule has 0 aliphatic carbocycles. The zero-order valence-electron chi connectivity index (χ0n) is 11.1. The van der Waals surface area contributed by atoms with Gasteiger partial charge in [0.25, 0.3) is 0 Å². The first-order chi connectivity index (χ1) is 8.52. The van der Waals surface area contributed by atoms with E-state index >= 15 is 0 Å². The van der Waals surface area contributed by atoms with Gasteiger partial charge in [-0.25, -0.2) is 0 Å². The third kappa shape index (κ3) is 4.57. The number of amides is 1. The molecule has 4 heteroatoms. The summed E-state index contributed by atoms with van der Waals surface area (Å²) >= 11 is 0. The van der Waals surface area contributed by atoms with E-state index in [1.807, 2.05) is 31.2 Å². The van der Waals surface area contributed by atoms with Gasteiger partial charge in [-0.1, -0.05) is 29.8 Å². The van der Waals surface area contributed by atoms with Crippen LogP contribution in [0.1, 0.15) is 24.5 Å². The highest BCUT2D eigenvalue weighted by Gasteiger charge is 2.11. The van der Waals surface area contributed by atoms with Crippen LogP contribution in [0.3, 0.4) is 0 Å². The van der Waals surface area contributed by atoms with Crippen molar-refractivity contribution in [3.63, 3.8) is 0 Å². The van der Waals surface area contributed by atoms with Crippen molar-refractivity contribution in [1.29, 1.82) is 0 Å². The minimum absolute atomic E-state index is 0.0421. The lowest BCUT2D eigenvalue weighted by molar-refractivity contribution is -0.141. The third-order valence-corrected chi connectivity index (χ3v) is 2.75. The molecule has 0 aliphatic heterocycles. The SMILES string of the molecule is COC(=O)CCN(Cc1ccc(C)cc1)C(C)=O. The number of nitrogens with zero attached hydrogens (tertiary/aromatic N) is 1. The van der Waals surface area contributed by atoms with E-state index in [0.717, 1.165) is 5.56 Å². The van der Waals surface area contributed by atoms with Crippen molar-refractivity contribution < 1.29 is 14.3 Å². The van der Waals surface area contributed by atoms with Crippen LogP contribution in [-0.4, -0.2) is 30.4 Å². The van der Waals surface area contributed by atoms with Gasteiger partial charge in [0.05, 0.1) is 13.5 Å². The fourth-order valence-electron chi connectivity index (χ4n) is 1.59. The van der Waals surface area contributed by atoms with Crippen LogP contribution >= 0.6 is 0 Å². The molecule has 1 amide bonds. The number of aryl methyl sites for hydroxylation is 1. The number of rotatable bonds is 5. The second-order valence-electron chi connectivity index (χ2n) is 4.25. The monoisotopic (exact) mass is 249 g/mol. The summed E-state index contributed by atoms with van der Waals surface area (Å²) in [6.07, 6.45) is 0.224. The first kappa shape index (κ1) is 14.2. The Labute approximate surface area is 108 Å². The van der Waals surface area contributed by atoms with Crippen LogP contribution in [0, 0.1) is 6.92 Å². The van der Waals surface area contributed by atoms with Gasteiger partial charge in [-0.15, -0.1) is 0 Å². The van der Waals surface area contributed by atoms with Crippen molar-refractivity contribution >= 4 is 11.9 Å². The van der Waals surface area contributed by atoms with E-state index in [9.17, 15) is 9.59 Å². The van der Waals surface area contributed by atoms with Crippen LogP contribution in [0.5, 0.6) is 0 Å². The number of methoxy groups -OCH3 is 1. The molecule has 0 N–H and O–H groups in total. The van der Waals surface area contributed by atoms with Crippen LogP contribution in [0.15, 0.2) is 24.3 Å². The maximum Gasteiger partial charge on any atom is 0.307 e. The average molecular weight is 249 g/mol. The number of esters is 1. The minimum Gasteiger partial charge on any atom is -0.469 e. The molecule has 0 saturated heterocycles. The number of ether oxygens (including phenoxy) is 1. The van der Waals surface area contributed by atoms with Gasteiger partial charge < -0.3 is 9.64 Å². The fourth-order valence-corrected chi connectivity index (χ4v) is 1.59. The van der Waals surface area contributed by atoms with Gasteiger partial charge in [0.15, 0.2) is 0 Å². The molecule has 1 aromatic carbocycles. The van der Waals surface area contributed by atoms with Crippen LogP contribution < -0.4 is 0 Å². The molecule has 4 nitrogen and oxygen atoms in total. The Kier molecular flexibility index (Phi) is 5.36. The standard InChI is InChI=1S/C14H19NO3/c1-11-4-6-13(7-5-11)10-15(12(2)16)9-8-14(17)18-3/h4-7H,8-10H2,1-3H3. The molecular formula is C14H19NO3.